The molecule has 0 radical (unpaired) electrons. The molecule has 0 spiro atoms. The molecule has 1 amide bonds. The lowest BCUT2D eigenvalue weighted by Gasteiger charge is -2.09. The van der Waals surface area contributed by atoms with Crippen molar-refractivity contribution in [3.8, 4) is 0 Å². The predicted octanol–water partition coefficient (Wildman–Crippen LogP) is -0.537. The van der Waals surface area contributed by atoms with Crippen LogP contribution in [0.5, 0.6) is 0 Å². The number of aliphatic hydroxyl groups is 1. The molecule has 1 atom stereocenters. The number of carbonyl (C=O) groups excluding carboxylic acids is 1. The van der Waals surface area contributed by atoms with E-state index >= 15 is 0 Å². The maximum Gasteiger partial charge on any atom is 0.274 e. The highest BCUT2D eigenvalue weighted by Gasteiger charge is 2.10. The van der Waals surface area contributed by atoms with Crippen molar-refractivity contribution in [2.24, 2.45) is 11.7 Å². The van der Waals surface area contributed by atoms with Crippen molar-refractivity contribution >= 4 is 5.91 Å². The van der Waals surface area contributed by atoms with Crippen molar-refractivity contribution < 1.29 is 14.6 Å². The van der Waals surface area contributed by atoms with Gasteiger partial charge in [0.1, 0.15) is 0 Å². The molecule has 10 heavy (non-hydrogen) atoms. The Hall–Kier alpha value is -0.610. The monoisotopic (exact) mass is 147 g/mol. The van der Waals surface area contributed by atoms with Gasteiger partial charge in [0.15, 0.2) is 0 Å². The van der Waals surface area contributed by atoms with Crippen LogP contribution in [0.25, 0.3) is 0 Å². The van der Waals surface area contributed by atoms with Gasteiger partial charge in [0, 0.05) is 0 Å². The Bertz CT molecular complexity index is 114. The van der Waals surface area contributed by atoms with Crippen molar-refractivity contribution in [1.29, 1.82) is 0 Å². The van der Waals surface area contributed by atoms with Gasteiger partial charge in [0.2, 0.25) is 6.29 Å². The highest BCUT2D eigenvalue weighted by Crippen LogP contribution is 1.94. The fraction of sp³-hybridized carbons (Fsp3) is 0.833. The predicted molar refractivity (Wildman–Crippen MR) is 36.0 cm³/mol. The van der Waals surface area contributed by atoms with E-state index in [1.165, 1.54) is 0 Å². The van der Waals surface area contributed by atoms with Gasteiger partial charge in [-0.05, 0) is 5.92 Å². The topological polar surface area (TPSA) is 72.6 Å². The second-order valence-electron chi connectivity index (χ2n) is 2.48. The molecule has 0 aliphatic carbocycles. The molecular formula is C6H13NO3. The average Bonchev–Trinajstić information content (AvgIpc) is 1.82. The zero-order chi connectivity index (χ0) is 8.15. The van der Waals surface area contributed by atoms with Crippen LogP contribution in [0.3, 0.4) is 0 Å². The molecule has 0 aromatic rings. The van der Waals surface area contributed by atoms with E-state index in [4.69, 9.17) is 10.8 Å². The molecule has 1 unspecified atom stereocenters. The zero-order valence-corrected chi connectivity index (χ0v) is 6.20. The molecule has 0 heterocycles. The summed E-state index contributed by atoms with van der Waals surface area (Å²) >= 11 is 0. The highest BCUT2D eigenvalue weighted by molar-refractivity contribution is 5.77. The largest absolute Gasteiger partial charge is 0.365 e. The minimum absolute atomic E-state index is 0.286. The molecule has 60 valence electrons. The van der Waals surface area contributed by atoms with E-state index in [1.54, 1.807) is 0 Å². The number of ether oxygens (including phenoxy) is 1. The van der Waals surface area contributed by atoms with Gasteiger partial charge in [0.25, 0.3) is 5.91 Å². The number of primary amides is 1. The minimum Gasteiger partial charge on any atom is -0.365 e. The Morgan fingerprint density at radius 3 is 2.50 bits per heavy atom. The first-order valence-electron chi connectivity index (χ1n) is 3.13. The molecule has 0 aliphatic rings. The number of nitrogens with two attached hydrogens (primary N) is 1. The molecule has 0 bridgehead atoms. The van der Waals surface area contributed by atoms with Crippen molar-refractivity contribution in [1.82, 2.24) is 0 Å². The van der Waals surface area contributed by atoms with Crippen LogP contribution in [0, 0.1) is 5.92 Å². The second-order valence-corrected chi connectivity index (χ2v) is 2.48. The summed E-state index contributed by atoms with van der Waals surface area (Å²) < 4.78 is 4.65. The number of hydrogen-bond donors (Lipinski definition) is 2. The van der Waals surface area contributed by atoms with Crippen molar-refractivity contribution in [2.75, 3.05) is 6.61 Å². The van der Waals surface area contributed by atoms with Crippen LogP contribution < -0.4 is 5.73 Å². The third-order valence-electron chi connectivity index (χ3n) is 0.831. The first kappa shape index (κ1) is 9.39. The Labute approximate surface area is 60.0 Å². The zero-order valence-electron chi connectivity index (χ0n) is 6.20. The van der Waals surface area contributed by atoms with Gasteiger partial charge in [-0.15, -0.1) is 0 Å². The molecule has 4 nitrogen and oxygen atoms in total. The number of hydrogen-bond acceptors (Lipinski definition) is 3. The van der Waals surface area contributed by atoms with Crippen LogP contribution in [0.2, 0.25) is 0 Å². The lowest BCUT2D eigenvalue weighted by Crippen LogP contribution is -2.31. The fourth-order valence-corrected chi connectivity index (χ4v) is 0.366. The molecule has 0 saturated carbocycles. The standard InChI is InChI=1S/C6H13NO3/c1-4(2)3-10-6(9)5(7)8/h4,6,9H,3H2,1-2H3,(H2,7,8). The van der Waals surface area contributed by atoms with E-state index in [1.807, 2.05) is 13.8 Å². The van der Waals surface area contributed by atoms with Gasteiger partial charge in [-0.25, -0.2) is 0 Å². The molecule has 3 N–H and O–H groups in total. The summed E-state index contributed by atoms with van der Waals surface area (Å²) in [4.78, 5) is 10.2. The van der Waals surface area contributed by atoms with Gasteiger partial charge in [-0.2, -0.15) is 0 Å². The van der Waals surface area contributed by atoms with Gasteiger partial charge in [0.05, 0.1) is 6.61 Å². The van der Waals surface area contributed by atoms with Crippen LogP contribution in [0.15, 0.2) is 0 Å². The third kappa shape index (κ3) is 4.29. The smallest absolute Gasteiger partial charge is 0.274 e. The Morgan fingerprint density at radius 1 is 1.70 bits per heavy atom. The van der Waals surface area contributed by atoms with Crippen LogP contribution in [0.1, 0.15) is 13.8 Å². The molecule has 0 rings (SSSR count). The Balaban J connectivity index is 3.40. The van der Waals surface area contributed by atoms with Crippen molar-refractivity contribution in [2.45, 2.75) is 20.1 Å². The number of rotatable bonds is 4. The van der Waals surface area contributed by atoms with Crippen LogP contribution >= 0.6 is 0 Å². The van der Waals surface area contributed by atoms with Crippen LogP contribution in [-0.4, -0.2) is 23.9 Å². The van der Waals surface area contributed by atoms with Crippen molar-refractivity contribution in [3.05, 3.63) is 0 Å². The van der Waals surface area contributed by atoms with Crippen molar-refractivity contribution in [3.63, 3.8) is 0 Å². The molecule has 0 fully saturated rings. The number of carbonyl (C=O) groups is 1. The first-order chi connectivity index (χ1) is 4.54. The SMILES string of the molecule is CC(C)COC(O)C(N)=O. The lowest BCUT2D eigenvalue weighted by molar-refractivity contribution is -0.156. The summed E-state index contributed by atoms with van der Waals surface area (Å²) in [5, 5.41) is 8.68. The molecule has 0 aromatic heterocycles. The van der Waals surface area contributed by atoms with E-state index in [-0.39, 0.29) is 5.92 Å². The van der Waals surface area contributed by atoms with Crippen LogP contribution in [-0.2, 0) is 9.53 Å². The normalized spacial score (nSPS) is 13.6. The summed E-state index contributed by atoms with van der Waals surface area (Å²) in [6.07, 6.45) is -1.46. The Kier molecular flexibility index (Phi) is 3.99. The van der Waals surface area contributed by atoms with Gasteiger partial charge < -0.3 is 15.6 Å². The quantitative estimate of drug-likeness (QED) is 0.525. The second kappa shape index (κ2) is 4.24. The number of aliphatic hydroxyl groups excluding tert-OH is 1. The van der Waals surface area contributed by atoms with E-state index in [2.05, 4.69) is 4.74 Å². The summed E-state index contributed by atoms with van der Waals surface area (Å²) in [7, 11) is 0. The molecule has 0 saturated heterocycles. The highest BCUT2D eigenvalue weighted by atomic mass is 16.6. The summed E-state index contributed by atoms with van der Waals surface area (Å²) in [5.74, 6) is -0.561. The maximum absolute atomic E-state index is 10.2. The molecule has 0 aromatic carbocycles. The van der Waals surface area contributed by atoms with E-state index in [0.29, 0.717) is 6.61 Å². The van der Waals surface area contributed by atoms with Gasteiger partial charge in [-0.1, -0.05) is 13.8 Å². The molecule has 0 aliphatic heterocycles. The molecule has 4 heteroatoms. The fourth-order valence-electron chi connectivity index (χ4n) is 0.366. The van der Waals surface area contributed by atoms with E-state index < -0.39 is 12.2 Å². The van der Waals surface area contributed by atoms with Crippen LogP contribution in [0.4, 0.5) is 0 Å². The third-order valence-corrected chi connectivity index (χ3v) is 0.831. The summed E-state index contributed by atoms with van der Waals surface area (Å²) in [5.41, 5.74) is 4.71. The minimum atomic E-state index is -1.46. The van der Waals surface area contributed by atoms with E-state index in [9.17, 15) is 4.79 Å². The van der Waals surface area contributed by atoms with Gasteiger partial charge in [-0.3, -0.25) is 4.79 Å². The maximum atomic E-state index is 10.2. The van der Waals surface area contributed by atoms with E-state index in [0.717, 1.165) is 0 Å². The molecular weight excluding hydrogens is 134 g/mol. The summed E-state index contributed by atoms with van der Waals surface area (Å²) in [6.45, 7) is 4.16. The summed E-state index contributed by atoms with van der Waals surface area (Å²) in [6, 6.07) is 0. The average molecular weight is 147 g/mol. The Morgan fingerprint density at radius 2 is 2.20 bits per heavy atom. The lowest BCUT2D eigenvalue weighted by atomic mass is 10.2. The first-order valence-corrected chi connectivity index (χ1v) is 3.13. The van der Waals surface area contributed by atoms with Gasteiger partial charge >= 0.3 is 0 Å². The number of amides is 1.